The first-order valence-corrected chi connectivity index (χ1v) is 9.29. The highest BCUT2D eigenvalue weighted by Gasteiger charge is 2.26. The molecule has 0 spiro atoms. The summed E-state index contributed by atoms with van der Waals surface area (Å²) in [5.74, 6) is -0.916. The fraction of sp³-hybridized carbons (Fsp3) is 0.600. The molecule has 0 radical (unpaired) electrons. The summed E-state index contributed by atoms with van der Waals surface area (Å²) >= 11 is 0. The second-order valence-corrected chi connectivity index (χ2v) is 7.80. The molecule has 22 heavy (non-hydrogen) atoms. The van der Waals surface area contributed by atoms with Crippen LogP contribution in [0.15, 0.2) is 18.2 Å². The molecule has 1 saturated heterocycles. The zero-order valence-electron chi connectivity index (χ0n) is 12.9. The molecule has 124 valence electrons. The van der Waals surface area contributed by atoms with Gasteiger partial charge in [0, 0.05) is 30.8 Å². The lowest BCUT2D eigenvalue weighted by Crippen LogP contribution is -2.41. The lowest BCUT2D eigenvalue weighted by molar-refractivity contribution is 0.131. The molecule has 1 heterocycles. The molecule has 0 aromatic heterocycles. The molecule has 1 N–H and O–H groups in total. The maximum absolute atomic E-state index is 13.9. The molecule has 1 aliphatic rings. The van der Waals surface area contributed by atoms with Crippen LogP contribution in [0, 0.1) is 17.6 Å². The van der Waals surface area contributed by atoms with Crippen LogP contribution in [-0.4, -0.2) is 39.2 Å². The second-order valence-electron chi connectivity index (χ2n) is 5.97. The van der Waals surface area contributed by atoms with Gasteiger partial charge in [-0.25, -0.2) is 21.9 Å². The molecule has 1 fully saturated rings. The summed E-state index contributed by atoms with van der Waals surface area (Å²) in [6.45, 7) is 3.81. The Bertz CT molecular complexity index is 622. The van der Waals surface area contributed by atoms with Crippen molar-refractivity contribution < 1.29 is 17.2 Å². The van der Waals surface area contributed by atoms with E-state index in [9.17, 15) is 17.2 Å². The van der Waals surface area contributed by atoms with E-state index >= 15 is 0 Å². The fourth-order valence-corrected chi connectivity index (χ4v) is 3.46. The minimum Gasteiger partial charge on any atom is -0.296 e. The third-order valence-corrected chi connectivity index (χ3v) is 4.84. The van der Waals surface area contributed by atoms with E-state index in [4.69, 9.17) is 0 Å². The molecule has 0 bridgehead atoms. The van der Waals surface area contributed by atoms with Crippen LogP contribution in [0.4, 0.5) is 8.78 Å². The summed E-state index contributed by atoms with van der Waals surface area (Å²) in [6.07, 6.45) is 3.02. The van der Waals surface area contributed by atoms with E-state index in [0.717, 1.165) is 31.7 Å². The zero-order chi connectivity index (χ0) is 16.3. The van der Waals surface area contributed by atoms with E-state index < -0.39 is 21.7 Å². The van der Waals surface area contributed by atoms with Crippen LogP contribution in [0.1, 0.15) is 31.4 Å². The molecular weight excluding hydrogens is 310 g/mol. The van der Waals surface area contributed by atoms with Crippen molar-refractivity contribution >= 4 is 10.0 Å². The largest absolute Gasteiger partial charge is 0.296 e. The highest BCUT2D eigenvalue weighted by atomic mass is 32.2. The van der Waals surface area contributed by atoms with Crippen LogP contribution in [0.25, 0.3) is 0 Å². The summed E-state index contributed by atoms with van der Waals surface area (Å²) in [5, 5.41) is 0. The lowest BCUT2D eigenvalue weighted by Gasteiger charge is -2.37. The second kappa shape index (κ2) is 7.02. The average Bonchev–Trinajstić information content (AvgIpc) is 2.44. The Morgan fingerprint density at radius 2 is 2.14 bits per heavy atom. The predicted molar refractivity (Wildman–Crippen MR) is 81.9 cm³/mol. The Labute approximate surface area is 130 Å². The summed E-state index contributed by atoms with van der Waals surface area (Å²) in [5.41, 5.74) is 0.470. The number of nitrogens with zero attached hydrogens (tertiary/aromatic N) is 1. The van der Waals surface area contributed by atoms with Gasteiger partial charge in [-0.15, -0.1) is 0 Å². The van der Waals surface area contributed by atoms with Crippen LogP contribution in [0.2, 0.25) is 0 Å². The number of nitrogens with one attached hydrogen (secondary N) is 1. The summed E-state index contributed by atoms with van der Waals surface area (Å²) in [4.78, 5) is 2.12. The first-order chi connectivity index (χ1) is 10.3. The Balaban J connectivity index is 2.02. The van der Waals surface area contributed by atoms with E-state index in [1.165, 1.54) is 12.1 Å². The summed E-state index contributed by atoms with van der Waals surface area (Å²) in [7, 11) is -3.20. The Hall–Kier alpha value is -1.05. The van der Waals surface area contributed by atoms with Gasteiger partial charge in [0.1, 0.15) is 11.6 Å². The van der Waals surface area contributed by atoms with Crippen LogP contribution in [0.5, 0.6) is 0 Å². The van der Waals surface area contributed by atoms with E-state index in [2.05, 4.69) is 9.62 Å². The van der Waals surface area contributed by atoms with Crippen molar-refractivity contribution in [3.63, 3.8) is 0 Å². The van der Waals surface area contributed by atoms with Gasteiger partial charge in [0.15, 0.2) is 0 Å². The molecule has 1 aliphatic heterocycles. The van der Waals surface area contributed by atoms with Crippen molar-refractivity contribution in [3.8, 4) is 0 Å². The van der Waals surface area contributed by atoms with Crippen LogP contribution < -0.4 is 4.72 Å². The third kappa shape index (κ3) is 4.72. The molecule has 2 rings (SSSR count). The number of benzene rings is 1. The molecule has 7 heteroatoms. The molecule has 1 aromatic carbocycles. The van der Waals surface area contributed by atoms with Gasteiger partial charge in [0.05, 0.1) is 6.26 Å². The first-order valence-electron chi connectivity index (χ1n) is 7.40. The maximum Gasteiger partial charge on any atom is 0.208 e. The molecule has 0 unspecified atom stereocenters. The van der Waals surface area contributed by atoms with Crippen molar-refractivity contribution in [1.29, 1.82) is 0 Å². The van der Waals surface area contributed by atoms with Crippen LogP contribution in [0.3, 0.4) is 0 Å². The highest BCUT2D eigenvalue weighted by molar-refractivity contribution is 7.88. The third-order valence-electron chi connectivity index (χ3n) is 4.14. The molecule has 4 nitrogen and oxygen atoms in total. The number of hydrogen-bond donors (Lipinski definition) is 1. The Kier molecular flexibility index (Phi) is 5.52. The fourth-order valence-electron chi connectivity index (χ4n) is 2.92. The van der Waals surface area contributed by atoms with Crippen molar-refractivity contribution in [1.82, 2.24) is 9.62 Å². The van der Waals surface area contributed by atoms with Crippen molar-refractivity contribution in [2.24, 2.45) is 5.92 Å². The minimum atomic E-state index is -3.20. The average molecular weight is 332 g/mol. The van der Waals surface area contributed by atoms with Gasteiger partial charge in [-0.3, -0.25) is 4.90 Å². The Morgan fingerprint density at radius 1 is 1.41 bits per heavy atom. The SMILES string of the molecule is C[C@@H](c1ccc(F)cc1F)N1CCC[C@@H](CNS(C)(=O)=O)C1. The minimum absolute atomic E-state index is 0.165. The van der Waals surface area contributed by atoms with Crippen molar-refractivity contribution in [2.75, 3.05) is 25.9 Å². The van der Waals surface area contributed by atoms with Gasteiger partial charge in [-0.2, -0.15) is 0 Å². The van der Waals surface area contributed by atoms with Gasteiger partial charge >= 0.3 is 0 Å². The normalized spacial score (nSPS) is 21.7. The number of rotatable bonds is 5. The number of sulfonamides is 1. The lowest BCUT2D eigenvalue weighted by atomic mass is 9.95. The van der Waals surface area contributed by atoms with Crippen LogP contribution >= 0.6 is 0 Å². The van der Waals surface area contributed by atoms with Gasteiger partial charge in [0.2, 0.25) is 10.0 Å². The topological polar surface area (TPSA) is 49.4 Å². The smallest absolute Gasteiger partial charge is 0.208 e. The number of likely N-dealkylation sites (tertiary alicyclic amines) is 1. The quantitative estimate of drug-likeness (QED) is 0.900. The maximum atomic E-state index is 13.9. The van der Waals surface area contributed by atoms with Crippen LogP contribution in [-0.2, 0) is 10.0 Å². The molecule has 0 saturated carbocycles. The number of hydrogen-bond acceptors (Lipinski definition) is 3. The van der Waals surface area contributed by atoms with E-state index in [-0.39, 0.29) is 12.0 Å². The number of halogens is 2. The summed E-state index contributed by atoms with van der Waals surface area (Å²) < 4.78 is 51.8. The molecule has 0 aliphatic carbocycles. The molecule has 0 amide bonds. The standard InChI is InChI=1S/C15H22F2N2O2S/c1-11(14-6-5-13(16)8-15(14)17)19-7-3-4-12(10-19)9-18-22(2,20)21/h5-6,8,11-12,18H,3-4,7,9-10H2,1-2H3/t11-,12-/m0/s1. The Morgan fingerprint density at radius 3 is 2.77 bits per heavy atom. The van der Waals surface area contributed by atoms with E-state index in [0.29, 0.717) is 18.7 Å². The van der Waals surface area contributed by atoms with Gasteiger partial charge < -0.3 is 0 Å². The zero-order valence-corrected chi connectivity index (χ0v) is 13.7. The summed E-state index contributed by atoms with van der Waals surface area (Å²) in [6, 6.07) is 3.48. The molecule has 1 aromatic rings. The van der Waals surface area contributed by atoms with Gasteiger partial charge in [-0.05, 0) is 38.3 Å². The van der Waals surface area contributed by atoms with Crippen molar-refractivity contribution in [3.05, 3.63) is 35.4 Å². The van der Waals surface area contributed by atoms with E-state index in [1.54, 1.807) is 0 Å². The number of piperidine rings is 1. The van der Waals surface area contributed by atoms with E-state index in [1.807, 2.05) is 6.92 Å². The van der Waals surface area contributed by atoms with Gasteiger partial charge in [-0.1, -0.05) is 6.07 Å². The molecule has 2 atom stereocenters. The predicted octanol–water partition coefficient (Wildman–Crippen LogP) is 2.29. The highest BCUT2D eigenvalue weighted by Crippen LogP contribution is 2.28. The van der Waals surface area contributed by atoms with Crippen molar-refractivity contribution in [2.45, 2.75) is 25.8 Å². The van der Waals surface area contributed by atoms with Gasteiger partial charge in [0.25, 0.3) is 0 Å². The first kappa shape index (κ1) is 17.3. The monoisotopic (exact) mass is 332 g/mol. The molecular formula is C15H22F2N2O2S.